The van der Waals surface area contributed by atoms with Gasteiger partial charge in [0.05, 0.1) is 6.04 Å². The van der Waals surface area contributed by atoms with E-state index in [0.29, 0.717) is 24.3 Å². The number of carbonyl (C=O) groups is 2. The number of H-pyrrole nitrogens is 1. The van der Waals surface area contributed by atoms with Gasteiger partial charge in [-0.2, -0.15) is 0 Å². The minimum absolute atomic E-state index is 0.0163. The quantitative estimate of drug-likeness (QED) is 0.865. The van der Waals surface area contributed by atoms with E-state index in [1.807, 2.05) is 16.7 Å². The number of likely N-dealkylation sites (N-methyl/N-ethyl adjacent to an activating group) is 1. The number of rotatable bonds is 3. The van der Waals surface area contributed by atoms with E-state index in [0.717, 1.165) is 37.5 Å². The van der Waals surface area contributed by atoms with E-state index < -0.39 is 0 Å². The molecule has 6 heteroatoms. The highest BCUT2D eigenvalue weighted by molar-refractivity contribution is 5.98. The van der Waals surface area contributed by atoms with Crippen LogP contribution in [-0.2, 0) is 4.79 Å². The van der Waals surface area contributed by atoms with Crippen molar-refractivity contribution in [2.75, 3.05) is 13.1 Å². The van der Waals surface area contributed by atoms with Crippen molar-refractivity contribution < 1.29 is 14.0 Å². The second kappa shape index (κ2) is 7.22. The Morgan fingerprint density at radius 2 is 2.00 bits per heavy atom. The number of fused-ring (bicyclic) bond motifs is 1. The maximum atomic E-state index is 13.5. The van der Waals surface area contributed by atoms with Crippen LogP contribution in [0.3, 0.4) is 0 Å². The summed E-state index contributed by atoms with van der Waals surface area (Å²) in [5.41, 5.74) is 1.01. The second-order valence-electron chi connectivity index (χ2n) is 8.28. The van der Waals surface area contributed by atoms with Gasteiger partial charge in [0, 0.05) is 36.5 Å². The molecule has 2 aromatic rings. The lowest BCUT2D eigenvalue weighted by atomic mass is 9.79. The van der Waals surface area contributed by atoms with Crippen LogP contribution in [0.4, 0.5) is 4.39 Å². The van der Waals surface area contributed by atoms with Crippen molar-refractivity contribution in [2.24, 2.45) is 0 Å². The monoisotopic (exact) mass is 385 g/mol. The molecule has 2 amide bonds. The molecule has 4 rings (SSSR count). The van der Waals surface area contributed by atoms with E-state index in [9.17, 15) is 14.0 Å². The summed E-state index contributed by atoms with van der Waals surface area (Å²) in [7, 11) is 0. The van der Waals surface area contributed by atoms with Gasteiger partial charge in [0.2, 0.25) is 5.91 Å². The summed E-state index contributed by atoms with van der Waals surface area (Å²) in [6.07, 6.45) is 6.41. The molecule has 1 aliphatic carbocycles. The van der Waals surface area contributed by atoms with Gasteiger partial charge < -0.3 is 14.8 Å². The van der Waals surface area contributed by atoms with Crippen molar-refractivity contribution in [1.29, 1.82) is 0 Å². The lowest BCUT2D eigenvalue weighted by Gasteiger charge is -2.41. The van der Waals surface area contributed by atoms with Crippen LogP contribution in [0.1, 0.15) is 62.9 Å². The number of amides is 2. The Morgan fingerprint density at radius 1 is 1.25 bits per heavy atom. The maximum Gasteiger partial charge on any atom is 0.270 e. The second-order valence-corrected chi connectivity index (χ2v) is 8.28. The van der Waals surface area contributed by atoms with Gasteiger partial charge in [-0.15, -0.1) is 0 Å². The summed E-state index contributed by atoms with van der Waals surface area (Å²) in [4.78, 5) is 32.6. The van der Waals surface area contributed by atoms with E-state index in [2.05, 4.69) is 4.98 Å². The molecule has 1 aromatic carbocycles. The number of nitrogens with zero attached hydrogens (tertiary/aromatic N) is 2. The van der Waals surface area contributed by atoms with Crippen molar-refractivity contribution in [3.8, 4) is 0 Å². The molecule has 1 N–H and O–H groups in total. The molecule has 0 bridgehead atoms. The Hall–Kier alpha value is -2.37. The Labute approximate surface area is 164 Å². The third-order valence-corrected chi connectivity index (χ3v) is 6.60. The number of likely N-dealkylation sites (tertiary alicyclic amines) is 1. The first-order chi connectivity index (χ1) is 13.4. The van der Waals surface area contributed by atoms with Crippen molar-refractivity contribution in [2.45, 2.75) is 64.0 Å². The Morgan fingerprint density at radius 3 is 2.68 bits per heavy atom. The zero-order chi connectivity index (χ0) is 19.9. The molecule has 1 atom stereocenters. The fourth-order valence-corrected chi connectivity index (χ4v) is 5.31. The van der Waals surface area contributed by atoms with Crippen LogP contribution in [0.15, 0.2) is 24.3 Å². The van der Waals surface area contributed by atoms with Gasteiger partial charge in [0.15, 0.2) is 0 Å². The van der Waals surface area contributed by atoms with Crippen LogP contribution in [0.2, 0.25) is 0 Å². The number of hydrogen-bond donors (Lipinski definition) is 1. The van der Waals surface area contributed by atoms with Gasteiger partial charge in [-0.3, -0.25) is 9.59 Å². The average Bonchev–Trinajstić information content (AvgIpc) is 3.24. The summed E-state index contributed by atoms with van der Waals surface area (Å²) >= 11 is 0. The van der Waals surface area contributed by atoms with Crippen LogP contribution >= 0.6 is 0 Å². The van der Waals surface area contributed by atoms with Crippen LogP contribution in [0, 0.1) is 5.82 Å². The Balaban J connectivity index is 1.60. The third kappa shape index (κ3) is 3.19. The highest BCUT2D eigenvalue weighted by atomic mass is 19.1. The van der Waals surface area contributed by atoms with E-state index in [4.69, 9.17) is 0 Å². The lowest BCUT2D eigenvalue weighted by Crippen LogP contribution is -2.47. The van der Waals surface area contributed by atoms with E-state index >= 15 is 0 Å². The number of hydrogen-bond acceptors (Lipinski definition) is 2. The smallest absolute Gasteiger partial charge is 0.270 e. The zero-order valence-electron chi connectivity index (χ0n) is 16.6. The molecule has 28 heavy (non-hydrogen) atoms. The molecule has 1 saturated carbocycles. The summed E-state index contributed by atoms with van der Waals surface area (Å²) in [6.45, 7) is 4.80. The predicted molar refractivity (Wildman–Crippen MR) is 107 cm³/mol. The first-order valence-corrected chi connectivity index (χ1v) is 10.3. The van der Waals surface area contributed by atoms with Crippen molar-refractivity contribution in [3.05, 3.63) is 35.8 Å². The molecule has 1 aromatic heterocycles. The summed E-state index contributed by atoms with van der Waals surface area (Å²) < 4.78 is 13.5. The number of benzene rings is 1. The molecule has 1 saturated heterocycles. The molecular formula is C22H28FN3O2. The molecule has 5 nitrogen and oxygen atoms in total. The topological polar surface area (TPSA) is 56.4 Å². The number of aromatic nitrogens is 1. The molecular weight excluding hydrogens is 357 g/mol. The summed E-state index contributed by atoms with van der Waals surface area (Å²) in [5, 5.41) is 0.821. The Kier molecular flexibility index (Phi) is 4.89. The molecule has 2 fully saturated rings. The SMILES string of the molecule is CCN(C(=O)c1cc2ccc(F)cc2[nH]1)C1CN(C(C)=O)C2(CCCCC2)C1. The van der Waals surface area contributed by atoms with E-state index in [-0.39, 0.29) is 29.2 Å². The van der Waals surface area contributed by atoms with Crippen LogP contribution in [0.25, 0.3) is 10.9 Å². The number of halogens is 1. The first-order valence-electron chi connectivity index (χ1n) is 10.3. The Bertz CT molecular complexity index is 900. The van der Waals surface area contributed by atoms with Gasteiger partial charge >= 0.3 is 0 Å². The molecule has 1 aliphatic heterocycles. The van der Waals surface area contributed by atoms with Gasteiger partial charge in [0.25, 0.3) is 5.91 Å². The van der Waals surface area contributed by atoms with Crippen LogP contribution < -0.4 is 0 Å². The minimum Gasteiger partial charge on any atom is -0.350 e. The summed E-state index contributed by atoms with van der Waals surface area (Å²) in [6, 6.07) is 6.29. The first kappa shape index (κ1) is 19.0. The largest absolute Gasteiger partial charge is 0.350 e. The van der Waals surface area contributed by atoms with E-state index in [1.165, 1.54) is 18.6 Å². The van der Waals surface area contributed by atoms with Crippen molar-refractivity contribution >= 4 is 22.7 Å². The maximum absolute atomic E-state index is 13.5. The van der Waals surface area contributed by atoms with Gasteiger partial charge in [-0.1, -0.05) is 19.3 Å². The van der Waals surface area contributed by atoms with Gasteiger partial charge in [0.1, 0.15) is 11.5 Å². The lowest BCUT2D eigenvalue weighted by molar-refractivity contribution is -0.134. The van der Waals surface area contributed by atoms with Crippen molar-refractivity contribution in [1.82, 2.24) is 14.8 Å². The molecule has 2 heterocycles. The van der Waals surface area contributed by atoms with Crippen molar-refractivity contribution in [3.63, 3.8) is 0 Å². The molecule has 1 unspecified atom stereocenters. The highest BCUT2D eigenvalue weighted by Crippen LogP contribution is 2.43. The highest BCUT2D eigenvalue weighted by Gasteiger charge is 2.49. The van der Waals surface area contributed by atoms with Gasteiger partial charge in [-0.25, -0.2) is 4.39 Å². The molecule has 2 aliphatic rings. The fourth-order valence-electron chi connectivity index (χ4n) is 5.31. The zero-order valence-corrected chi connectivity index (χ0v) is 16.6. The van der Waals surface area contributed by atoms with E-state index in [1.54, 1.807) is 19.1 Å². The predicted octanol–water partition coefficient (Wildman–Crippen LogP) is 4.09. The third-order valence-electron chi connectivity index (χ3n) is 6.60. The molecule has 150 valence electrons. The van der Waals surface area contributed by atoms with Gasteiger partial charge in [-0.05, 0) is 50.5 Å². The standard InChI is InChI=1S/C22H28FN3O2/c1-3-25(21(28)20-11-16-7-8-17(23)12-19(16)24-20)18-13-22(9-5-4-6-10-22)26(14-18)15(2)27/h7-8,11-12,18,24H,3-6,9-10,13-14H2,1-2H3. The summed E-state index contributed by atoms with van der Waals surface area (Å²) in [5.74, 6) is -0.303. The molecule has 1 spiro atoms. The minimum atomic E-state index is -0.326. The number of carbonyl (C=O) groups excluding carboxylic acids is 2. The van der Waals surface area contributed by atoms with Crippen LogP contribution in [0.5, 0.6) is 0 Å². The molecule has 0 radical (unpaired) electrons. The average molecular weight is 385 g/mol. The van der Waals surface area contributed by atoms with Crippen LogP contribution in [-0.4, -0.2) is 51.3 Å². The fraction of sp³-hybridized carbons (Fsp3) is 0.545. The number of aromatic amines is 1. The normalized spacial score (nSPS) is 21.4. The number of nitrogens with one attached hydrogen (secondary N) is 1.